The molecule has 1 saturated heterocycles. The van der Waals surface area contributed by atoms with E-state index in [0.717, 1.165) is 0 Å². The van der Waals surface area contributed by atoms with Crippen LogP contribution in [0.15, 0.2) is 78.9 Å². The van der Waals surface area contributed by atoms with Crippen molar-refractivity contribution in [3.63, 3.8) is 0 Å². The highest BCUT2D eigenvalue weighted by atomic mass is 32.2. The lowest BCUT2D eigenvalue weighted by molar-refractivity contribution is -0.203. The van der Waals surface area contributed by atoms with Gasteiger partial charge in [0.15, 0.2) is 0 Å². The van der Waals surface area contributed by atoms with E-state index in [1.54, 1.807) is 54.6 Å². The lowest BCUT2D eigenvalue weighted by Gasteiger charge is -2.42. The summed E-state index contributed by atoms with van der Waals surface area (Å²) >= 11 is 0. The number of para-hydroxylation sites is 2. The number of carbonyl (C=O) groups excluding carboxylic acids is 2. The summed E-state index contributed by atoms with van der Waals surface area (Å²) in [6.07, 6.45) is -3.86. The van der Waals surface area contributed by atoms with E-state index in [2.05, 4.69) is 14.8 Å². The molecule has 12 nitrogen and oxygen atoms in total. The number of carbonyl (C=O) groups is 2. The molecule has 3 N–H and O–H groups in total. The van der Waals surface area contributed by atoms with E-state index in [9.17, 15) is 44.0 Å². The zero-order valence-electron chi connectivity index (χ0n) is 25.3. The number of sulfonamides is 1. The average molecular weight is 723 g/mol. The van der Waals surface area contributed by atoms with Crippen LogP contribution >= 0.6 is 0 Å². The third-order valence-electron chi connectivity index (χ3n) is 8.62. The second-order valence-corrected chi connectivity index (χ2v) is 15.3. The summed E-state index contributed by atoms with van der Waals surface area (Å²) in [6, 6.07) is 17.5. The van der Waals surface area contributed by atoms with E-state index >= 15 is 0 Å². The van der Waals surface area contributed by atoms with Crippen molar-refractivity contribution in [1.82, 2.24) is 23.5 Å². The summed E-state index contributed by atoms with van der Waals surface area (Å²) in [5.41, 5.74) is 3.08. The molecule has 258 valence electrons. The molecule has 2 aliphatic heterocycles. The number of alkyl halides is 3. The standard InChI is InChI=1S/C31H27F4N5O7S2/c32-23-12-10-20(11-13-23)22-15-16-40(30-36-25-3-1-2-4-26(25)37-30,49(45,46)39-47-29(42)31(33,34)35)24(17-22)14-7-19-5-8-21(9-6-19)27-18-28(41)38-48(27,43)44/h1-6,8-13,15,24,27,39H,7,14,16-18H2,(H-,36,37,38,41)/p+1. The van der Waals surface area contributed by atoms with Crippen molar-refractivity contribution in [2.45, 2.75) is 43.2 Å². The highest BCUT2D eigenvalue weighted by Crippen LogP contribution is 2.40. The molecule has 6 rings (SSSR count). The van der Waals surface area contributed by atoms with Crippen molar-refractivity contribution in [1.29, 1.82) is 0 Å². The Hall–Kier alpha value is -4.65. The zero-order valence-corrected chi connectivity index (χ0v) is 26.9. The first-order valence-electron chi connectivity index (χ1n) is 14.8. The highest BCUT2D eigenvalue weighted by molar-refractivity contribution is 7.90. The van der Waals surface area contributed by atoms with E-state index in [-0.39, 0.29) is 38.2 Å². The molecule has 0 spiro atoms. The number of imidazole rings is 1. The van der Waals surface area contributed by atoms with Crippen LogP contribution in [0.1, 0.15) is 41.2 Å². The molecule has 18 heteroatoms. The number of benzene rings is 3. The topological polar surface area (TPSA) is 164 Å². The van der Waals surface area contributed by atoms with Crippen LogP contribution in [0.3, 0.4) is 0 Å². The van der Waals surface area contributed by atoms with Crippen molar-refractivity contribution >= 4 is 54.7 Å². The van der Waals surface area contributed by atoms with Gasteiger partial charge in [0, 0.05) is 17.7 Å². The molecule has 3 unspecified atom stereocenters. The third-order valence-corrected chi connectivity index (χ3v) is 12.1. The summed E-state index contributed by atoms with van der Waals surface area (Å²) in [4.78, 5) is 36.3. The molecule has 0 aliphatic carbocycles. The minimum Gasteiger partial charge on any atom is -0.344 e. The lowest BCUT2D eigenvalue weighted by Crippen LogP contribution is -2.66. The van der Waals surface area contributed by atoms with E-state index in [1.807, 2.05) is 4.72 Å². The molecule has 4 aromatic rings. The molecule has 1 fully saturated rings. The molecule has 1 aromatic heterocycles. The molecule has 3 heterocycles. The van der Waals surface area contributed by atoms with Crippen molar-refractivity contribution in [2.75, 3.05) is 6.54 Å². The molecule has 0 saturated carbocycles. The quantitative estimate of drug-likeness (QED) is 0.131. The van der Waals surface area contributed by atoms with Crippen molar-refractivity contribution < 1.29 is 48.8 Å². The second kappa shape index (κ2) is 12.7. The predicted octanol–water partition coefficient (Wildman–Crippen LogP) is 4.24. The first-order valence-corrected chi connectivity index (χ1v) is 17.8. The number of aromatic amines is 1. The number of aromatic nitrogens is 2. The first kappa shape index (κ1) is 34.2. The smallest absolute Gasteiger partial charge is 0.344 e. The van der Waals surface area contributed by atoms with Gasteiger partial charge in [-0.2, -0.15) is 26.6 Å². The van der Waals surface area contributed by atoms with Gasteiger partial charge in [-0.15, -0.1) is 3.89 Å². The maximum atomic E-state index is 14.2. The van der Waals surface area contributed by atoms with E-state index in [1.165, 1.54) is 29.2 Å². The second-order valence-electron chi connectivity index (χ2n) is 11.6. The Bertz CT molecular complexity index is 2140. The summed E-state index contributed by atoms with van der Waals surface area (Å²) in [7, 11) is -8.95. The molecule has 1 amide bonds. The number of hydrogen-bond acceptors (Lipinski definition) is 8. The van der Waals surface area contributed by atoms with Crippen LogP contribution in [-0.2, 0) is 41.1 Å². The Kier molecular flexibility index (Phi) is 8.85. The normalized spacial score (nSPS) is 22.4. The van der Waals surface area contributed by atoms with E-state index in [0.29, 0.717) is 33.3 Å². The predicted molar refractivity (Wildman–Crippen MR) is 169 cm³/mol. The Morgan fingerprint density at radius 3 is 2.35 bits per heavy atom. The monoisotopic (exact) mass is 722 g/mol. The SMILES string of the molecule is O=C1CC(c2ccc(CCC3CC(c4ccc(F)cc4)=CC[N+]3(c3nc4ccccc4[nH]3)S(=O)(=O)NOC(=O)C(F)(F)F)cc2)S(=O)(=O)N1. The number of nitrogens with one attached hydrogen (secondary N) is 3. The number of halogens is 4. The Balaban J connectivity index is 1.40. The summed E-state index contributed by atoms with van der Waals surface area (Å²) in [5.74, 6) is -4.03. The van der Waals surface area contributed by atoms with Gasteiger partial charge in [-0.25, -0.2) is 17.6 Å². The van der Waals surface area contributed by atoms with Gasteiger partial charge in [-0.05, 0) is 59.0 Å². The third kappa shape index (κ3) is 6.68. The number of amides is 1. The van der Waals surface area contributed by atoms with Gasteiger partial charge in [0.25, 0.3) is 0 Å². The van der Waals surface area contributed by atoms with Gasteiger partial charge in [0.1, 0.15) is 23.7 Å². The van der Waals surface area contributed by atoms with Gasteiger partial charge >= 0.3 is 28.3 Å². The Labute approximate surface area is 277 Å². The van der Waals surface area contributed by atoms with Crippen LogP contribution in [-0.4, -0.2) is 57.4 Å². The molecular formula is C31H28F4N5O7S2+. The average Bonchev–Trinajstić information content (AvgIpc) is 3.61. The minimum absolute atomic E-state index is 0.0169. The molecule has 49 heavy (non-hydrogen) atoms. The fourth-order valence-electron chi connectivity index (χ4n) is 6.17. The summed E-state index contributed by atoms with van der Waals surface area (Å²) < 4.78 is 107. The zero-order chi connectivity index (χ0) is 35.2. The van der Waals surface area contributed by atoms with Crippen LogP contribution in [0.25, 0.3) is 16.6 Å². The first-order chi connectivity index (χ1) is 23.1. The van der Waals surface area contributed by atoms with Crippen LogP contribution in [0.5, 0.6) is 0 Å². The number of hydrogen-bond donors (Lipinski definition) is 3. The fraction of sp³-hybridized carbons (Fsp3) is 0.258. The van der Waals surface area contributed by atoms with Crippen LogP contribution in [0, 0.1) is 5.82 Å². The number of aryl methyl sites for hydroxylation is 1. The van der Waals surface area contributed by atoms with Gasteiger partial charge < -0.3 is 4.84 Å². The van der Waals surface area contributed by atoms with E-state index < -0.39 is 59.3 Å². The van der Waals surface area contributed by atoms with Crippen LogP contribution in [0.2, 0.25) is 0 Å². The highest BCUT2D eigenvalue weighted by Gasteiger charge is 2.56. The molecule has 3 atom stereocenters. The fourth-order valence-corrected chi connectivity index (χ4v) is 9.07. The molecule has 0 radical (unpaired) electrons. The summed E-state index contributed by atoms with van der Waals surface area (Å²) in [5, 5.41) is -1.07. The molecule has 2 aliphatic rings. The van der Waals surface area contributed by atoms with Gasteiger partial charge in [-0.3, -0.25) is 14.5 Å². The minimum atomic E-state index is -5.49. The lowest BCUT2D eigenvalue weighted by atomic mass is 9.90. The summed E-state index contributed by atoms with van der Waals surface area (Å²) in [6.45, 7) is -0.379. The van der Waals surface area contributed by atoms with Gasteiger partial charge in [0.2, 0.25) is 15.9 Å². The Morgan fingerprint density at radius 2 is 1.71 bits per heavy atom. The van der Waals surface area contributed by atoms with Crippen molar-refractivity contribution in [3.8, 4) is 0 Å². The number of rotatable bonds is 9. The van der Waals surface area contributed by atoms with E-state index in [4.69, 9.17) is 0 Å². The largest absolute Gasteiger partial charge is 0.492 e. The molecule has 0 bridgehead atoms. The van der Waals surface area contributed by atoms with Gasteiger partial charge in [-0.1, -0.05) is 48.5 Å². The van der Waals surface area contributed by atoms with Gasteiger partial charge in [0.05, 0.1) is 17.5 Å². The number of quaternary nitrogens is 1. The molecule has 3 aromatic carbocycles. The molecular weight excluding hydrogens is 694 g/mol. The number of nitrogens with zero attached hydrogens (tertiary/aromatic N) is 2. The number of H-pyrrole nitrogens is 1. The Morgan fingerprint density at radius 1 is 1.02 bits per heavy atom. The van der Waals surface area contributed by atoms with Crippen LogP contribution in [0.4, 0.5) is 23.5 Å². The van der Waals surface area contributed by atoms with Crippen molar-refractivity contribution in [2.24, 2.45) is 0 Å². The maximum Gasteiger partial charge on any atom is 0.492 e. The maximum absolute atomic E-state index is 14.2. The van der Waals surface area contributed by atoms with Crippen LogP contribution < -0.4 is 13.5 Å². The number of fused-ring (bicyclic) bond motifs is 1. The van der Waals surface area contributed by atoms with Crippen molar-refractivity contribution in [3.05, 3.63) is 101 Å².